The smallest absolute Gasteiger partial charge is 0.246 e. The van der Waals surface area contributed by atoms with Gasteiger partial charge in [-0.05, 0) is 12.1 Å². The minimum absolute atomic E-state index is 0.00294. The number of nitrogens with zero attached hydrogens (tertiary/aromatic N) is 1. The number of rotatable bonds is 4. The van der Waals surface area contributed by atoms with E-state index < -0.39 is 9.84 Å². The number of furan rings is 1. The maximum absolute atomic E-state index is 11.0. The molecular formula is C12H11NO4S. The monoisotopic (exact) mass is 265 g/mol. The van der Waals surface area contributed by atoms with Gasteiger partial charge in [0.2, 0.25) is 5.76 Å². The Morgan fingerprint density at radius 2 is 2.11 bits per heavy atom. The van der Waals surface area contributed by atoms with E-state index in [0.29, 0.717) is 16.7 Å². The molecule has 0 N–H and O–H groups in total. The van der Waals surface area contributed by atoms with Crippen molar-refractivity contribution in [3.8, 4) is 11.8 Å². The number of nitriles is 1. The summed E-state index contributed by atoms with van der Waals surface area (Å²) < 4.78 is 32.7. The maximum Gasteiger partial charge on any atom is 0.246 e. The summed E-state index contributed by atoms with van der Waals surface area (Å²) in [5, 5.41) is 9.61. The molecule has 0 unspecified atom stereocenters. The second kappa shape index (κ2) is 4.70. The third-order valence-corrected chi connectivity index (χ3v) is 3.26. The van der Waals surface area contributed by atoms with Gasteiger partial charge in [0, 0.05) is 6.26 Å². The van der Waals surface area contributed by atoms with Gasteiger partial charge in [0.25, 0.3) is 0 Å². The van der Waals surface area contributed by atoms with Crippen LogP contribution in [0.15, 0.2) is 28.7 Å². The van der Waals surface area contributed by atoms with E-state index in [1.807, 2.05) is 6.07 Å². The van der Waals surface area contributed by atoms with E-state index in [4.69, 9.17) is 14.4 Å². The van der Waals surface area contributed by atoms with E-state index in [1.54, 1.807) is 24.3 Å². The van der Waals surface area contributed by atoms with E-state index in [2.05, 4.69) is 0 Å². The molecule has 1 aromatic carbocycles. The first-order valence-electron chi connectivity index (χ1n) is 5.23. The average molecular weight is 265 g/mol. The molecular weight excluding hydrogens is 254 g/mol. The second-order valence-electron chi connectivity index (χ2n) is 3.85. The SMILES string of the molecule is CS(=O)(=O)CCOc1c(C#N)oc2ccccc12. The fourth-order valence-corrected chi connectivity index (χ4v) is 1.92. The lowest BCUT2D eigenvalue weighted by molar-refractivity contribution is 0.337. The van der Waals surface area contributed by atoms with Crippen LogP contribution in [0.25, 0.3) is 11.0 Å². The Hall–Kier alpha value is -2.00. The second-order valence-corrected chi connectivity index (χ2v) is 6.11. The Bertz CT molecular complexity index is 709. The fraction of sp³-hybridized carbons (Fsp3) is 0.250. The first-order chi connectivity index (χ1) is 8.51. The van der Waals surface area contributed by atoms with Crippen molar-refractivity contribution >= 4 is 20.8 Å². The minimum Gasteiger partial charge on any atom is -0.487 e. The molecule has 0 fully saturated rings. The summed E-state index contributed by atoms with van der Waals surface area (Å²) in [6.45, 7) is -0.00294. The van der Waals surface area contributed by atoms with Crippen molar-refractivity contribution in [1.29, 1.82) is 5.26 Å². The highest BCUT2D eigenvalue weighted by molar-refractivity contribution is 7.90. The molecule has 1 heterocycles. The van der Waals surface area contributed by atoms with E-state index in [0.717, 1.165) is 6.26 Å². The van der Waals surface area contributed by atoms with Crippen LogP contribution in [0.3, 0.4) is 0 Å². The molecule has 2 rings (SSSR count). The Labute approximate surface area is 104 Å². The molecule has 94 valence electrons. The molecule has 0 saturated carbocycles. The van der Waals surface area contributed by atoms with E-state index in [1.165, 1.54) is 0 Å². The zero-order chi connectivity index (χ0) is 13.2. The minimum atomic E-state index is -3.09. The number of para-hydroxylation sites is 1. The van der Waals surface area contributed by atoms with Gasteiger partial charge in [0.15, 0.2) is 15.6 Å². The molecule has 0 spiro atoms. The van der Waals surface area contributed by atoms with Crippen LogP contribution in [0.4, 0.5) is 0 Å². The van der Waals surface area contributed by atoms with Crippen LogP contribution in [0.1, 0.15) is 5.76 Å². The highest BCUT2D eigenvalue weighted by Gasteiger charge is 2.15. The summed E-state index contributed by atoms with van der Waals surface area (Å²) in [5.74, 6) is 0.263. The first-order valence-corrected chi connectivity index (χ1v) is 7.29. The number of hydrogen-bond acceptors (Lipinski definition) is 5. The summed E-state index contributed by atoms with van der Waals surface area (Å²) in [6, 6.07) is 8.95. The summed E-state index contributed by atoms with van der Waals surface area (Å²) in [6.07, 6.45) is 1.13. The van der Waals surface area contributed by atoms with Gasteiger partial charge in [0.05, 0.1) is 11.1 Å². The average Bonchev–Trinajstić information content (AvgIpc) is 2.66. The molecule has 0 saturated heterocycles. The van der Waals surface area contributed by atoms with E-state index in [-0.39, 0.29) is 18.1 Å². The van der Waals surface area contributed by atoms with Crippen molar-refractivity contribution < 1.29 is 17.6 Å². The Morgan fingerprint density at radius 1 is 1.39 bits per heavy atom. The standard InChI is InChI=1S/C12H11NO4S/c1-18(14,15)7-6-16-12-9-4-2-3-5-10(9)17-11(12)8-13/h2-5H,6-7H2,1H3. The van der Waals surface area contributed by atoms with Crippen molar-refractivity contribution in [1.82, 2.24) is 0 Å². The number of sulfone groups is 1. The van der Waals surface area contributed by atoms with Crippen molar-refractivity contribution in [3.05, 3.63) is 30.0 Å². The molecule has 18 heavy (non-hydrogen) atoms. The zero-order valence-corrected chi connectivity index (χ0v) is 10.5. The number of ether oxygens (including phenoxy) is 1. The molecule has 0 atom stereocenters. The largest absolute Gasteiger partial charge is 0.487 e. The van der Waals surface area contributed by atoms with Gasteiger partial charge >= 0.3 is 0 Å². The first kappa shape index (κ1) is 12.5. The van der Waals surface area contributed by atoms with Crippen molar-refractivity contribution in [2.75, 3.05) is 18.6 Å². The van der Waals surface area contributed by atoms with Gasteiger partial charge in [-0.1, -0.05) is 12.1 Å². The van der Waals surface area contributed by atoms with Crippen LogP contribution in [0.2, 0.25) is 0 Å². The molecule has 6 heteroatoms. The maximum atomic E-state index is 11.0. The normalized spacial score (nSPS) is 11.3. The molecule has 5 nitrogen and oxygen atoms in total. The van der Waals surface area contributed by atoms with Gasteiger partial charge in [-0.15, -0.1) is 0 Å². The third-order valence-electron chi connectivity index (χ3n) is 2.35. The fourth-order valence-electron chi connectivity index (χ4n) is 1.53. The van der Waals surface area contributed by atoms with Crippen LogP contribution >= 0.6 is 0 Å². The Balaban J connectivity index is 2.29. The molecule has 0 aliphatic heterocycles. The van der Waals surface area contributed by atoms with E-state index in [9.17, 15) is 8.42 Å². The summed E-state index contributed by atoms with van der Waals surface area (Å²) >= 11 is 0. The summed E-state index contributed by atoms with van der Waals surface area (Å²) in [7, 11) is -3.09. The Morgan fingerprint density at radius 3 is 2.78 bits per heavy atom. The molecule has 1 aromatic heterocycles. The van der Waals surface area contributed by atoms with Gasteiger partial charge in [-0.2, -0.15) is 5.26 Å². The molecule has 0 aliphatic rings. The third kappa shape index (κ3) is 2.63. The van der Waals surface area contributed by atoms with Crippen molar-refractivity contribution in [3.63, 3.8) is 0 Å². The van der Waals surface area contributed by atoms with Crippen molar-refractivity contribution in [2.24, 2.45) is 0 Å². The van der Waals surface area contributed by atoms with Crippen LogP contribution < -0.4 is 4.74 Å². The van der Waals surface area contributed by atoms with Crippen LogP contribution in [-0.4, -0.2) is 27.0 Å². The van der Waals surface area contributed by atoms with Crippen LogP contribution in [-0.2, 0) is 9.84 Å². The predicted octanol–water partition coefficient (Wildman–Crippen LogP) is 1.73. The summed E-state index contributed by atoms with van der Waals surface area (Å²) in [4.78, 5) is 0. The van der Waals surface area contributed by atoms with Gasteiger partial charge in [-0.25, -0.2) is 8.42 Å². The quantitative estimate of drug-likeness (QED) is 0.841. The highest BCUT2D eigenvalue weighted by Crippen LogP contribution is 2.32. The molecule has 0 radical (unpaired) electrons. The highest BCUT2D eigenvalue weighted by atomic mass is 32.2. The number of fused-ring (bicyclic) bond motifs is 1. The topological polar surface area (TPSA) is 80.3 Å². The van der Waals surface area contributed by atoms with E-state index >= 15 is 0 Å². The lowest BCUT2D eigenvalue weighted by Gasteiger charge is -2.03. The Kier molecular flexibility index (Phi) is 3.26. The number of hydrogen-bond donors (Lipinski definition) is 0. The van der Waals surface area contributed by atoms with Crippen LogP contribution in [0.5, 0.6) is 5.75 Å². The van der Waals surface area contributed by atoms with Gasteiger partial charge in [0.1, 0.15) is 18.3 Å². The van der Waals surface area contributed by atoms with Crippen molar-refractivity contribution in [2.45, 2.75) is 0 Å². The molecule has 0 bridgehead atoms. The molecule has 0 amide bonds. The predicted molar refractivity (Wildman–Crippen MR) is 66.1 cm³/mol. The zero-order valence-electron chi connectivity index (χ0n) is 9.71. The lowest BCUT2D eigenvalue weighted by Crippen LogP contribution is -2.12. The van der Waals surface area contributed by atoms with Gasteiger partial charge in [-0.3, -0.25) is 0 Å². The number of benzene rings is 1. The molecule has 0 aliphatic carbocycles. The molecule has 2 aromatic rings. The lowest BCUT2D eigenvalue weighted by atomic mass is 10.2. The van der Waals surface area contributed by atoms with Crippen LogP contribution in [0, 0.1) is 11.3 Å². The summed E-state index contributed by atoms with van der Waals surface area (Å²) in [5.41, 5.74) is 0.545. The van der Waals surface area contributed by atoms with Gasteiger partial charge < -0.3 is 9.15 Å².